The van der Waals surface area contributed by atoms with Crippen LogP contribution in [-0.4, -0.2) is 23.7 Å². The van der Waals surface area contributed by atoms with E-state index in [1.54, 1.807) is 11.3 Å². The van der Waals surface area contributed by atoms with E-state index in [9.17, 15) is 0 Å². The summed E-state index contributed by atoms with van der Waals surface area (Å²) in [5, 5.41) is 8.57. The van der Waals surface area contributed by atoms with E-state index in [2.05, 4.69) is 269 Å². The Balaban J connectivity index is 1.06. The number of allylic oxidation sites excluding steroid dienone is 4. The first-order valence-electron chi connectivity index (χ1n) is 26.6. The van der Waals surface area contributed by atoms with Gasteiger partial charge in [-0.05, 0) is 78.2 Å². The third-order valence-electron chi connectivity index (χ3n) is 16.1. The minimum Gasteiger partial charge on any atom is -0.311 e. The second-order valence-corrected chi connectivity index (χ2v) is 21.5. The average molecular weight is 1000 g/mol. The van der Waals surface area contributed by atoms with E-state index in [1.165, 1.54) is 64.8 Å². The van der Waals surface area contributed by atoms with Crippen molar-refractivity contribution in [3.05, 3.63) is 249 Å². The third kappa shape index (κ3) is 6.59. The van der Waals surface area contributed by atoms with Crippen LogP contribution in [0.3, 0.4) is 0 Å². The third-order valence-corrected chi connectivity index (χ3v) is 17.2. The molecule has 0 N–H and O–H groups in total. The normalized spacial score (nSPS) is 13.9. The maximum absolute atomic E-state index is 5.55. The molecular formula is C71H47N5S. The lowest BCUT2D eigenvalue weighted by Crippen LogP contribution is -2.08. The van der Waals surface area contributed by atoms with Crippen molar-refractivity contribution in [1.82, 2.24) is 23.7 Å². The number of nitrogens with zero attached hydrogens (tertiary/aromatic N) is 5. The summed E-state index contributed by atoms with van der Waals surface area (Å²) in [5.74, 6) is 0.989. The van der Waals surface area contributed by atoms with Crippen LogP contribution in [0.25, 0.3) is 148 Å². The quantitative estimate of drug-likeness (QED) is 0.160. The molecule has 6 heteroatoms. The number of thiophene rings is 1. The van der Waals surface area contributed by atoms with Gasteiger partial charge < -0.3 is 13.7 Å². The van der Waals surface area contributed by atoms with Crippen molar-refractivity contribution in [1.29, 1.82) is 0 Å². The lowest BCUT2D eigenvalue weighted by molar-refractivity contribution is 0.725. The van der Waals surface area contributed by atoms with Gasteiger partial charge >= 0.3 is 0 Å². The molecule has 0 saturated heterocycles. The molecule has 362 valence electrons. The van der Waals surface area contributed by atoms with E-state index in [-0.39, 0.29) is 5.92 Å². The standard InChI is InChI=1S/C71H47N5S/c1-44-22-14-18-34-57(44)76-68-50(38-40-60-63(68)52-31-15-19-35-58(52)74(60)49-29-12-5-13-30-49)51-39-41-61-64(69(51)76)53-32-16-20-36-59(53)75(61)67-55(45-23-6-2-7-24-45)42-48(43-56(67)46-25-8-3-9-26-46)65-70-66(54-33-17-21-37-62(54)77-70)73-71(72-65)47-27-10-4-11-28-47/h2-21,23-44H,22H2,1H3. The average Bonchev–Trinajstić information content (AvgIpc) is 4.13. The first kappa shape index (κ1) is 43.7. The van der Waals surface area contributed by atoms with Gasteiger partial charge in [0.1, 0.15) is 0 Å². The molecule has 0 amide bonds. The lowest BCUT2D eigenvalue weighted by atomic mass is 9.91. The van der Waals surface area contributed by atoms with Gasteiger partial charge in [0.05, 0.1) is 54.7 Å². The molecule has 15 aromatic rings. The Morgan fingerprint density at radius 3 is 1.57 bits per heavy atom. The molecule has 5 aromatic heterocycles. The van der Waals surface area contributed by atoms with Crippen LogP contribution in [0.15, 0.2) is 249 Å². The molecule has 0 radical (unpaired) electrons. The summed E-state index contributed by atoms with van der Waals surface area (Å²) in [7, 11) is 0. The molecule has 0 aliphatic heterocycles. The van der Waals surface area contributed by atoms with Crippen LogP contribution in [-0.2, 0) is 0 Å². The van der Waals surface area contributed by atoms with Gasteiger partial charge in [0, 0.05) is 82.0 Å². The zero-order valence-electron chi connectivity index (χ0n) is 42.1. The van der Waals surface area contributed by atoms with Gasteiger partial charge in [0.25, 0.3) is 0 Å². The minimum atomic E-state index is 0.277. The highest BCUT2D eigenvalue weighted by molar-refractivity contribution is 7.26. The molecule has 5 heterocycles. The maximum atomic E-state index is 5.55. The van der Waals surface area contributed by atoms with Gasteiger partial charge in [-0.2, -0.15) is 0 Å². The highest BCUT2D eigenvalue weighted by Gasteiger charge is 2.29. The molecule has 1 aliphatic rings. The van der Waals surface area contributed by atoms with Crippen LogP contribution in [0.5, 0.6) is 0 Å². The Bertz CT molecular complexity index is 4880. The van der Waals surface area contributed by atoms with Crippen molar-refractivity contribution < 1.29 is 0 Å². The highest BCUT2D eigenvalue weighted by Crippen LogP contribution is 2.50. The van der Waals surface area contributed by atoms with Crippen molar-refractivity contribution >= 4 is 103 Å². The van der Waals surface area contributed by atoms with Crippen molar-refractivity contribution in [3.63, 3.8) is 0 Å². The van der Waals surface area contributed by atoms with E-state index < -0.39 is 0 Å². The highest BCUT2D eigenvalue weighted by atomic mass is 32.1. The van der Waals surface area contributed by atoms with Crippen molar-refractivity contribution in [3.8, 4) is 56.3 Å². The van der Waals surface area contributed by atoms with Crippen LogP contribution >= 0.6 is 11.3 Å². The molecule has 0 bridgehead atoms. The molecule has 10 aromatic carbocycles. The summed E-state index contributed by atoms with van der Waals surface area (Å²) < 4.78 is 9.95. The first-order chi connectivity index (χ1) is 38.2. The van der Waals surface area contributed by atoms with Crippen molar-refractivity contribution in [2.75, 3.05) is 0 Å². The number of para-hydroxylation sites is 3. The number of fused-ring (bicyclic) bond motifs is 14. The van der Waals surface area contributed by atoms with Gasteiger partial charge in [-0.25, -0.2) is 9.97 Å². The molecule has 16 rings (SSSR count). The van der Waals surface area contributed by atoms with Crippen molar-refractivity contribution in [2.24, 2.45) is 5.92 Å². The molecule has 0 fully saturated rings. The molecule has 0 spiro atoms. The molecule has 1 atom stereocenters. The maximum Gasteiger partial charge on any atom is 0.160 e. The summed E-state index contributed by atoms with van der Waals surface area (Å²) in [6.45, 7) is 2.39. The summed E-state index contributed by atoms with van der Waals surface area (Å²) in [4.78, 5) is 10.9. The van der Waals surface area contributed by atoms with Gasteiger partial charge in [-0.3, -0.25) is 0 Å². The Labute approximate surface area is 448 Å². The number of benzene rings is 10. The SMILES string of the molecule is CC1CC=CC=C1n1c2c(ccc3c2c2ccccc2n3-c2ccccc2)c2ccc3c(c4ccccc4n3-c3c(-c4ccccc4)cc(-c4nc(-c5ccccc5)nc5c4sc4ccccc45)cc3-c3ccccc3)c21. The van der Waals surface area contributed by atoms with E-state index >= 15 is 0 Å². The number of aromatic nitrogens is 5. The van der Waals surface area contributed by atoms with Crippen LogP contribution in [0, 0.1) is 5.92 Å². The van der Waals surface area contributed by atoms with Crippen LogP contribution < -0.4 is 0 Å². The molecular weight excluding hydrogens is 955 g/mol. The second kappa shape index (κ2) is 17.2. The van der Waals surface area contributed by atoms with Crippen LogP contribution in [0.1, 0.15) is 13.3 Å². The van der Waals surface area contributed by atoms with E-state index in [1.807, 2.05) is 0 Å². The fourth-order valence-corrected chi connectivity index (χ4v) is 13.8. The van der Waals surface area contributed by atoms with E-state index in [0.29, 0.717) is 5.82 Å². The molecule has 0 saturated carbocycles. The van der Waals surface area contributed by atoms with Crippen molar-refractivity contribution in [2.45, 2.75) is 13.3 Å². The number of hydrogen-bond donors (Lipinski definition) is 0. The van der Waals surface area contributed by atoms with Gasteiger partial charge in [0.2, 0.25) is 0 Å². The number of hydrogen-bond acceptors (Lipinski definition) is 3. The summed E-state index contributed by atoms with van der Waals surface area (Å²) >= 11 is 1.77. The summed E-state index contributed by atoms with van der Waals surface area (Å²) in [5.41, 5.74) is 19.1. The van der Waals surface area contributed by atoms with Crippen LogP contribution in [0.4, 0.5) is 0 Å². The fraction of sp³-hybridized carbons (Fsp3) is 0.0423. The van der Waals surface area contributed by atoms with E-state index in [0.717, 1.165) is 83.5 Å². The fourth-order valence-electron chi connectivity index (χ4n) is 12.7. The van der Waals surface area contributed by atoms with Gasteiger partial charge in [0.15, 0.2) is 5.82 Å². The Morgan fingerprint density at radius 1 is 0.442 bits per heavy atom. The molecule has 77 heavy (non-hydrogen) atoms. The number of rotatable bonds is 7. The Hall–Kier alpha value is -9.62. The monoisotopic (exact) mass is 1000 g/mol. The topological polar surface area (TPSA) is 40.6 Å². The Kier molecular flexibility index (Phi) is 9.78. The van der Waals surface area contributed by atoms with Gasteiger partial charge in [-0.1, -0.05) is 195 Å². The largest absolute Gasteiger partial charge is 0.311 e. The van der Waals surface area contributed by atoms with Crippen LogP contribution in [0.2, 0.25) is 0 Å². The second-order valence-electron chi connectivity index (χ2n) is 20.4. The Morgan fingerprint density at radius 2 is 0.961 bits per heavy atom. The predicted octanol–water partition coefficient (Wildman–Crippen LogP) is 19.3. The lowest BCUT2D eigenvalue weighted by Gasteiger charge is -2.22. The smallest absolute Gasteiger partial charge is 0.160 e. The summed E-state index contributed by atoms with van der Waals surface area (Å²) in [6.07, 6.45) is 7.91. The van der Waals surface area contributed by atoms with Gasteiger partial charge in [-0.15, -0.1) is 11.3 Å². The molecule has 1 unspecified atom stereocenters. The molecule has 1 aliphatic carbocycles. The summed E-state index contributed by atoms with van der Waals surface area (Å²) in [6, 6.07) is 84.1. The zero-order chi connectivity index (χ0) is 50.7. The molecule has 5 nitrogen and oxygen atoms in total. The van der Waals surface area contributed by atoms with E-state index in [4.69, 9.17) is 9.97 Å². The zero-order valence-corrected chi connectivity index (χ0v) is 42.9. The minimum absolute atomic E-state index is 0.277. The predicted molar refractivity (Wildman–Crippen MR) is 326 cm³/mol. The first-order valence-corrected chi connectivity index (χ1v) is 27.4.